The lowest BCUT2D eigenvalue weighted by molar-refractivity contribution is -0.238. The summed E-state index contributed by atoms with van der Waals surface area (Å²) in [6.07, 6.45) is -12.7. The van der Waals surface area contributed by atoms with Gasteiger partial charge in [0.2, 0.25) is 0 Å². The molecule has 4 rings (SSSR count). The molecule has 1 fully saturated rings. The van der Waals surface area contributed by atoms with Gasteiger partial charge in [0.1, 0.15) is 23.3 Å². The molecular formula is C32H42F7N5O3Si. The summed E-state index contributed by atoms with van der Waals surface area (Å²) in [5.41, 5.74) is -1.42. The first kappa shape index (κ1) is 37.9. The number of ether oxygens (including phenoxy) is 2. The minimum absolute atomic E-state index is 0.0820. The molecule has 1 N–H and O–H groups in total. The molecular weight excluding hydrogens is 663 g/mol. The van der Waals surface area contributed by atoms with Gasteiger partial charge in [0.25, 0.3) is 0 Å². The Morgan fingerprint density at radius 3 is 2.08 bits per heavy atom. The van der Waals surface area contributed by atoms with E-state index in [-0.39, 0.29) is 36.4 Å². The smallest absolute Gasteiger partial charge is 0.414 e. The van der Waals surface area contributed by atoms with Gasteiger partial charge in [-0.3, -0.25) is 4.90 Å². The second-order valence-corrected chi connectivity index (χ2v) is 18.5. The van der Waals surface area contributed by atoms with Crippen LogP contribution in [0.4, 0.5) is 30.7 Å². The summed E-state index contributed by atoms with van der Waals surface area (Å²) in [5, 5.41) is 10.9. The molecule has 48 heavy (non-hydrogen) atoms. The Morgan fingerprint density at radius 1 is 0.958 bits per heavy atom. The van der Waals surface area contributed by atoms with Gasteiger partial charge in [0, 0.05) is 19.6 Å². The first-order valence-corrected chi connectivity index (χ1v) is 18.3. The molecule has 2 aromatic carbocycles. The van der Waals surface area contributed by atoms with Crippen molar-refractivity contribution in [3.8, 4) is 0 Å². The molecule has 1 aliphatic rings. The Labute approximate surface area is 276 Å². The van der Waals surface area contributed by atoms with E-state index in [1.807, 2.05) is 57.8 Å². The predicted molar refractivity (Wildman–Crippen MR) is 166 cm³/mol. The predicted octanol–water partition coefficient (Wildman–Crippen LogP) is 7.72. The quantitative estimate of drug-likeness (QED) is 0.162. The lowest BCUT2D eigenvalue weighted by atomic mass is 10.00. The minimum atomic E-state index is -5.06. The number of hydrogen-bond acceptors (Lipinski definition) is 7. The van der Waals surface area contributed by atoms with Crippen LogP contribution < -0.4 is 0 Å². The number of rotatable bonds is 11. The minimum Gasteiger partial charge on any atom is -0.414 e. The van der Waals surface area contributed by atoms with Crippen LogP contribution in [0.1, 0.15) is 66.6 Å². The number of benzene rings is 2. The molecule has 1 aliphatic heterocycles. The summed E-state index contributed by atoms with van der Waals surface area (Å²) in [7, 11) is 1.18. The number of alkyl halides is 6. The third-order valence-corrected chi connectivity index (χ3v) is 13.2. The highest BCUT2D eigenvalue weighted by Gasteiger charge is 2.42. The Morgan fingerprint density at radius 2 is 1.54 bits per heavy atom. The van der Waals surface area contributed by atoms with Crippen LogP contribution in [0.2, 0.25) is 18.1 Å². The van der Waals surface area contributed by atoms with Crippen molar-refractivity contribution in [3.05, 3.63) is 81.9 Å². The fraction of sp³-hybridized carbons (Fsp3) is 0.562. The number of halogens is 7. The van der Waals surface area contributed by atoms with Crippen LogP contribution in [0.25, 0.3) is 0 Å². The third-order valence-electron chi connectivity index (χ3n) is 8.73. The van der Waals surface area contributed by atoms with E-state index in [1.54, 1.807) is 0 Å². The Bertz CT molecular complexity index is 1480. The van der Waals surface area contributed by atoms with Crippen molar-refractivity contribution in [1.82, 2.24) is 25.2 Å². The molecule has 0 saturated carbocycles. The van der Waals surface area contributed by atoms with Crippen molar-refractivity contribution in [2.24, 2.45) is 0 Å². The molecule has 16 heteroatoms. The molecule has 0 radical (unpaired) electrons. The zero-order valence-corrected chi connectivity index (χ0v) is 29.0. The zero-order chi connectivity index (χ0) is 35.7. The van der Waals surface area contributed by atoms with E-state index >= 15 is 0 Å². The first-order chi connectivity index (χ1) is 22.2. The van der Waals surface area contributed by atoms with E-state index < -0.39 is 56.0 Å². The molecule has 2 heterocycles. The standard InChI is InChI=1S/C32H42F7N5O3Si/c1-30(2,3)48(6,7)46-19-27(21-14-22(31(34,35)36)16-23(15-21)32(37,38)39)47-29-28(20-8-10-24(33)11-9-20)44(12-13-45-29)18-26-25(17-43(4)5)40-42-41-26/h8-11,14-16,27-29H,12-13,17-19H2,1-7H3,(H,40,41,42)/t27-,28?,29?/m1/s1. The highest BCUT2D eigenvalue weighted by Crippen LogP contribution is 2.42. The molecule has 3 atom stereocenters. The van der Waals surface area contributed by atoms with Crippen molar-refractivity contribution in [3.63, 3.8) is 0 Å². The second-order valence-electron chi connectivity index (χ2n) is 13.7. The number of aromatic amines is 1. The Kier molecular flexibility index (Phi) is 11.5. The van der Waals surface area contributed by atoms with Gasteiger partial charge in [-0.2, -0.15) is 41.8 Å². The maximum Gasteiger partial charge on any atom is 0.416 e. The van der Waals surface area contributed by atoms with Gasteiger partial charge in [0.05, 0.1) is 30.4 Å². The fourth-order valence-electron chi connectivity index (χ4n) is 5.07. The van der Waals surface area contributed by atoms with Gasteiger partial charge >= 0.3 is 12.4 Å². The average Bonchev–Trinajstić information content (AvgIpc) is 3.39. The largest absolute Gasteiger partial charge is 0.416 e. The van der Waals surface area contributed by atoms with Crippen LogP contribution >= 0.6 is 0 Å². The monoisotopic (exact) mass is 705 g/mol. The van der Waals surface area contributed by atoms with E-state index in [9.17, 15) is 30.7 Å². The SMILES string of the molecule is CN(C)Cc1n[nH]nc1CN1CCOC(O[C@H](CO[Si](C)(C)C(C)(C)C)c2cc(C(F)(F)F)cc(C(F)(F)F)c2)C1c1ccc(F)cc1. The zero-order valence-electron chi connectivity index (χ0n) is 28.0. The first-order valence-electron chi connectivity index (χ1n) is 15.4. The average molecular weight is 706 g/mol. The molecule has 0 aliphatic carbocycles. The maximum absolute atomic E-state index is 14.0. The van der Waals surface area contributed by atoms with E-state index in [0.29, 0.717) is 42.2 Å². The number of aromatic nitrogens is 3. The maximum atomic E-state index is 14.0. The number of H-pyrrole nitrogens is 1. The molecule has 0 bridgehead atoms. The number of nitrogens with zero attached hydrogens (tertiary/aromatic N) is 4. The Balaban J connectivity index is 1.79. The molecule has 2 unspecified atom stereocenters. The van der Waals surface area contributed by atoms with Gasteiger partial charge in [0.15, 0.2) is 14.6 Å². The van der Waals surface area contributed by atoms with Crippen LogP contribution in [0.5, 0.6) is 0 Å². The van der Waals surface area contributed by atoms with Crippen LogP contribution in [-0.2, 0) is 39.3 Å². The summed E-state index contributed by atoms with van der Waals surface area (Å²) >= 11 is 0. The molecule has 0 spiro atoms. The van der Waals surface area contributed by atoms with Gasteiger partial charge in [-0.15, -0.1) is 0 Å². The molecule has 3 aromatic rings. The number of morpholine rings is 1. The molecule has 266 valence electrons. The lowest BCUT2D eigenvalue weighted by Gasteiger charge is -2.43. The van der Waals surface area contributed by atoms with Crippen LogP contribution in [0, 0.1) is 5.82 Å². The van der Waals surface area contributed by atoms with E-state index in [0.717, 1.165) is 0 Å². The van der Waals surface area contributed by atoms with E-state index in [2.05, 4.69) is 15.4 Å². The van der Waals surface area contributed by atoms with E-state index in [1.165, 1.54) is 24.3 Å². The lowest BCUT2D eigenvalue weighted by Crippen LogP contribution is -2.47. The summed E-state index contributed by atoms with van der Waals surface area (Å²) in [6, 6.07) is 6.23. The van der Waals surface area contributed by atoms with Gasteiger partial charge in [-0.1, -0.05) is 32.9 Å². The van der Waals surface area contributed by atoms with Crippen LogP contribution in [0.15, 0.2) is 42.5 Å². The molecule has 1 saturated heterocycles. The number of nitrogens with one attached hydrogen (secondary N) is 1. The normalized spacial score (nSPS) is 19.2. The van der Waals surface area contributed by atoms with Crippen LogP contribution in [0.3, 0.4) is 0 Å². The van der Waals surface area contributed by atoms with Crippen LogP contribution in [-0.4, -0.2) is 73.7 Å². The van der Waals surface area contributed by atoms with Gasteiger partial charge in [-0.25, -0.2) is 4.39 Å². The topological polar surface area (TPSA) is 75.7 Å². The van der Waals surface area contributed by atoms with Crippen molar-refractivity contribution in [1.29, 1.82) is 0 Å². The van der Waals surface area contributed by atoms with E-state index in [4.69, 9.17) is 13.9 Å². The molecule has 8 nitrogen and oxygen atoms in total. The van der Waals surface area contributed by atoms with Gasteiger partial charge < -0.3 is 18.8 Å². The van der Waals surface area contributed by atoms with Crippen molar-refractivity contribution in [2.75, 3.05) is 33.9 Å². The van der Waals surface area contributed by atoms with Gasteiger partial charge in [-0.05, 0) is 73.7 Å². The third kappa shape index (κ3) is 9.41. The molecule has 0 amide bonds. The summed E-state index contributed by atoms with van der Waals surface area (Å²) < 4.78 is 116. The highest BCUT2D eigenvalue weighted by atomic mass is 28.4. The van der Waals surface area contributed by atoms with Crippen molar-refractivity contribution >= 4 is 8.32 Å². The number of hydrogen-bond donors (Lipinski definition) is 1. The van der Waals surface area contributed by atoms with Crippen molar-refractivity contribution in [2.45, 2.75) is 82.8 Å². The molecule has 1 aromatic heterocycles. The fourth-order valence-corrected chi connectivity index (χ4v) is 6.07. The highest BCUT2D eigenvalue weighted by molar-refractivity contribution is 6.74. The Hall–Kier alpha value is -2.89. The van der Waals surface area contributed by atoms with Crippen molar-refractivity contribution < 1.29 is 44.6 Å². The summed E-state index contributed by atoms with van der Waals surface area (Å²) in [6.45, 7) is 10.6. The second kappa shape index (κ2) is 14.5. The summed E-state index contributed by atoms with van der Waals surface area (Å²) in [5.74, 6) is -0.492. The summed E-state index contributed by atoms with van der Waals surface area (Å²) in [4.78, 5) is 3.87.